The van der Waals surface area contributed by atoms with E-state index in [0.717, 1.165) is 18.1 Å². The van der Waals surface area contributed by atoms with Gasteiger partial charge in [0, 0.05) is 16.6 Å². The molecule has 2 unspecified atom stereocenters. The van der Waals surface area contributed by atoms with Crippen LogP contribution in [0.3, 0.4) is 0 Å². The highest BCUT2D eigenvalue weighted by atomic mass is 35.5. The number of rotatable bonds is 10. The van der Waals surface area contributed by atoms with E-state index in [-0.39, 0.29) is 25.5 Å². The van der Waals surface area contributed by atoms with Gasteiger partial charge in [0.15, 0.2) is 0 Å². The van der Waals surface area contributed by atoms with Crippen LogP contribution in [0.1, 0.15) is 12.0 Å². The molecule has 3 rings (SSSR count). The molecule has 2 aromatic rings. The molecule has 1 aliphatic heterocycles. The number of carbonyl (C=O) groups excluding carboxylic acids is 1. The maximum absolute atomic E-state index is 14.2. The molecule has 1 aliphatic rings. The number of halogens is 2. The highest BCUT2D eigenvalue weighted by Gasteiger charge is 2.42. The Balaban J connectivity index is 1.77. The first kappa shape index (κ1) is 26.6. The molecule has 1 saturated heterocycles. The SMILES string of the molecule is CS(=O)(=O)OCCC1C(COS(C)(=O)=O)C(=O)N[C@@H]1Cc1ccc(-c2cc(Cl)ccc2F)cc1. The molecule has 1 fully saturated rings. The normalized spacial score (nSPS) is 20.9. The number of carbonyl (C=O) groups is 1. The molecule has 0 saturated carbocycles. The summed E-state index contributed by atoms with van der Waals surface area (Å²) in [5.74, 6) is -2.00. The number of hydrogen-bond donors (Lipinski definition) is 1. The summed E-state index contributed by atoms with van der Waals surface area (Å²) in [7, 11) is -7.43. The van der Waals surface area contributed by atoms with E-state index in [1.807, 2.05) is 0 Å². The van der Waals surface area contributed by atoms with Crippen LogP contribution in [-0.4, -0.2) is 54.5 Å². The standard InChI is InChI=1S/C22H25ClFNO7S2/c1-33(27,28)31-10-9-17-19(13-32-34(2,29)30)22(26)25-21(17)11-14-3-5-15(6-4-14)18-12-16(23)7-8-20(18)24/h3-8,12,17,19,21H,9-11,13H2,1-2H3,(H,25,26)/t17?,19?,21-/m1/s1. The zero-order chi connectivity index (χ0) is 25.1. The van der Waals surface area contributed by atoms with Gasteiger partial charge in [-0.15, -0.1) is 0 Å². The third-order valence-corrected chi connectivity index (χ3v) is 6.95. The van der Waals surface area contributed by atoms with Gasteiger partial charge in [-0.3, -0.25) is 13.2 Å². The minimum Gasteiger partial charge on any atom is -0.352 e. The Morgan fingerprint density at radius 2 is 1.65 bits per heavy atom. The Bertz CT molecular complexity index is 1250. The van der Waals surface area contributed by atoms with E-state index in [0.29, 0.717) is 22.6 Å². The zero-order valence-electron chi connectivity index (χ0n) is 18.5. The fraction of sp³-hybridized carbons (Fsp3) is 0.409. The average Bonchev–Trinajstić information content (AvgIpc) is 3.01. The summed E-state index contributed by atoms with van der Waals surface area (Å²) in [5, 5.41) is 3.27. The lowest BCUT2D eigenvalue weighted by Crippen LogP contribution is -2.32. The van der Waals surface area contributed by atoms with E-state index in [2.05, 4.69) is 5.32 Å². The molecule has 0 spiro atoms. The minimum atomic E-state index is -3.76. The maximum Gasteiger partial charge on any atom is 0.264 e. The number of benzene rings is 2. The van der Waals surface area contributed by atoms with Gasteiger partial charge in [0.05, 0.1) is 31.6 Å². The largest absolute Gasteiger partial charge is 0.352 e. The molecule has 0 aliphatic carbocycles. The highest BCUT2D eigenvalue weighted by molar-refractivity contribution is 7.86. The predicted octanol–water partition coefficient (Wildman–Crippen LogP) is 2.76. The monoisotopic (exact) mass is 533 g/mol. The molecule has 186 valence electrons. The summed E-state index contributed by atoms with van der Waals surface area (Å²) in [6, 6.07) is 11.0. The van der Waals surface area contributed by atoms with E-state index in [4.69, 9.17) is 20.0 Å². The molecule has 0 bridgehead atoms. The molecule has 3 atom stereocenters. The topological polar surface area (TPSA) is 116 Å². The van der Waals surface area contributed by atoms with Crippen molar-refractivity contribution in [1.82, 2.24) is 5.32 Å². The van der Waals surface area contributed by atoms with E-state index >= 15 is 0 Å². The summed E-state index contributed by atoms with van der Waals surface area (Å²) < 4.78 is 69.3. The molecule has 1 N–H and O–H groups in total. The van der Waals surface area contributed by atoms with Crippen LogP contribution in [0.15, 0.2) is 42.5 Å². The lowest BCUT2D eigenvalue weighted by Gasteiger charge is -2.22. The second-order valence-corrected chi connectivity index (χ2v) is 11.9. The first-order valence-electron chi connectivity index (χ1n) is 10.4. The average molecular weight is 534 g/mol. The van der Waals surface area contributed by atoms with Gasteiger partial charge in [0.25, 0.3) is 20.2 Å². The summed E-state index contributed by atoms with van der Waals surface area (Å²) in [4.78, 5) is 12.6. The quantitative estimate of drug-likeness (QED) is 0.467. The Hall–Kier alpha value is -2.05. The van der Waals surface area contributed by atoms with Crippen molar-refractivity contribution in [3.8, 4) is 11.1 Å². The van der Waals surface area contributed by atoms with Crippen LogP contribution in [0.4, 0.5) is 4.39 Å². The van der Waals surface area contributed by atoms with Crippen LogP contribution >= 0.6 is 11.6 Å². The van der Waals surface area contributed by atoms with Crippen molar-refractivity contribution in [1.29, 1.82) is 0 Å². The van der Waals surface area contributed by atoms with Gasteiger partial charge in [-0.25, -0.2) is 4.39 Å². The van der Waals surface area contributed by atoms with Crippen LogP contribution in [0, 0.1) is 17.7 Å². The van der Waals surface area contributed by atoms with Gasteiger partial charge in [-0.2, -0.15) is 16.8 Å². The predicted molar refractivity (Wildman–Crippen MR) is 126 cm³/mol. The zero-order valence-corrected chi connectivity index (χ0v) is 20.9. The second kappa shape index (κ2) is 10.7. The van der Waals surface area contributed by atoms with Crippen LogP contribution in [0.25, 0.3) is 11.1 Å². The van der Waals surface area contributed by atoms with Gasteiger partial charge < -0.3 is 5.32 Å². The molecule has 0 radical (unpaired) electrons. The van der Waals surface area contributed by atoms with Crippen LogP contribution < -0.4 is 5.32 Å². The third-order valence-electron chi connectivity index (χ3n) is 5.56. The summed E-state index contributed by atoms with van der Waals surface area (Å²) in [5.41, 5.74) is 1.84. The highest BCUT2D eigenvalue weighted by Crippen LogP contribution is 2.31. The minimum absolute atomic E-state index is 0.155. The molecule has 8 nitrogen and oxygen atoms in total. The second-order valence-electron chi connectivity index (χ2n) is 8.21. The molecular formula is C22H25ClFNO7S2. The van der Waals surface area contributed by atoms with Crippen molar-refractivity contribution in [3.63, 3.8) is 0 Å². The molecule has 1 heterocycles. The van der Waals surface area contributed by atoms with E-state index in [1.54, 1.807) is 24.3 Å². The van der Waals surface area contributed by atoms with Gasteiger partial charge in [0.1, 0.15) is 5.82 Å². The Labute approximate surface area is 203 Å². The fourth-order valence-corrected chi connectivity index (χ4v) is 4.97. The molecule has 1 amide bonds. The van der Waals surface area contributed by atoms with Crippen LogP contribution in [-0.2, 0) is 39.8 Å². The summed E-state index contributed by atoms with van der Waals surface area (Å²) in [6.45, 7) is -0.505. The molecule has 2 aromatic carbocycles. The third kappa shape index (κ3) is 7.47. The van der Waals surface area contributed by atoms with E-state index < -0.39 is 43.9 Å². The van der Waals surface area contributed by atoms with Gasteiger partial charge in [-0.05, 0) is 48.1 Å². The van der Waals surface area contributed by atoms with Crippen LogP contribution in [0.2, 0.25) is 5.02 Å². The van der Waals surface area contributed by atoms with Crippen molar-refractivity contribution in [3.05, 3.63) is 58.9 Å². The van der Waals surface area contributed by atoms with Crippen molar-refractivity contribution in [2.24, 2.45) is 11.8 Å². The lowest BCUT2D eigenvalue weighted by atomic mass is 9.85. The van der Waals surface area contributed by atoms with Crippen LogP contribution in [0.5, 0.6) is 0 Å². The Morgan fingerprint density at radius 1 is 1.00 bits per heavy atom. The molecular weight excluding hydrogens is 509 g/mol. The van der Waals surface area contributed by atoms with E-state index in [9.17, 15) is 26.0 Å². The fourth-order valence-electron chi connectivity index (χ4n) is 4.00. The summed E-state index contributed by atoms with van der Waals surface area (Å²) >= 11 is 5.98. The summed E-state index contributed by atoms with van der Waals surface area (Å²) in [6.07, 6.45) is 2.41. The number of hydrogen-bond acceptors (Lipinski definition) is 7. The Morgan fingerprint density at radius 3 is 2.26 bits per heavy atom. The van der Waals surface area contributed by atoms with Gasteiger partial charge in [0.2, 0.25) is 5.91 Å². The van der Waals surface area contributed by atoms with Gasteiger partial charge in [-0.1, -0.05) is 35.9 Å². The smallest absolute Gasteiger partial charge is 0.264 e. The molecule has 34 heavy (non-hydrogen) atoms. The van der Waals surface area contributed by atoms with Crippen molar-refractivity contribution in [2.45, 2.75) is 18.9 Å². The van der Waals surface area contributed by atoms with Crippen molar-refractivity contribution < 1.29 is 34.4 Å². The molecule has 0 aromatic heterocycles. The van der Waals surface area contributed by atoms with E-state index in [1.165, 1.54) is 18.2 Å². The van der Waals surface area contributed by atoms with Crippen molar-refractivity contribution in [2.75, 3.05) is 25.7 Å². The lowest BCUT2D eigenvalue weighted by molar-refractivity contribution is -0.123. The first-order valence-corrected chi connectivity index (χ1v) is 14.4. The van der Waals surface area contributed by atoms with Crippen molar-refractivity contribution >= 4 is 37.7 Å². The molecule has 12 heteroatoms. The van der Waals surface area contributed by atoms with Gasteiger partial charge >= 0.3 is 0 Å². The number of nitrogens with one attached hydrogen (secondary N) is 1. The maximum atomic E-state index is 14.2. The number of amides is 1. The first-order chi connectivity index (χ1) is 15.8. The Kier molecular flexibility index (Phi) is 8.35.